The van der Waals surface area contributed by atoms with E-state index >= 15 is 0 Å². The summed E-state index contributed by atoms with van der Waals surface area (Å²) in [5, 5.41) is 0. The zero-order chi connectivity index (χ0) is 12.8. The van der Waals surface area contributed by atoms with Gasteiger partial charge in [0, 0.05) is 11.6 Å². The molecule has 0 fully saturated rings. The number of nitrogens with two attached hydrogens (primary N) is 1. The fourth-order valence-electron chi connectivity index (χ4n) is 1.27. The van der Waals surface area contributed by atoms with Gasteiger partial charge in [-0.05, 0) is 26.0 Å². The number of alkyl halides is 2. The van der Waals surface area contributed by atoms with Crippen molar-refractivity contribution in [3.8, 4) is 5.75 Å². The van der Waals surface area contributed by atoms with Gasteiger partial charge in [0.2, 0.25) is 0 Å². The smallest absolute Gasteiger partial charge is 0.387 e. The Morgan fingerprint density at radius 1 is 1.41 bits per heavy atom. The Hall–Kier alpha value is -1.69. The van der Waals surface area contributed by atoms with Crippen LogP contribution in [0.25, 0.3) is 0 Å². The molecule has 4 nitrogen and oxygen atoms in total. The number of amidine groups is 1. The molecule has 0 aromatic heterocycles. The monoisotopic (exact) mass is 243 g/mol. The third-order valence-corrected chi connectivity index (χ3v) is 1.86. The maximum Gasteiger partial charge on any atom is 0.387 e. The Kier molecular flexibility index (Phi) is 4.84. The maximum absolute atomic E-state index is 12.1. The SMILES string of the molecule is CC(C)N=C(NN)c1cccc(OC(F)F)c1. The van der Waals surface area contributed by atoms with Crippen LogP contribution >= 0.6 is 0 Å². The van der Waals surface area contributed by atoms with Gasteiger partial charge in [-0.2, -0.15) is 8.78 Å². The Morgan fingerprint density at radius 2 is 2.12 bits per heavy atom. The molecule has 0 unspecified atom stereocenters. The molecule has 0 amide bonds. The van der Waals surface area contributed by atoms with Gasteiger partial charge in [0.05, 0.1) is 0 Å². The number of nitrogens with zero attached hydrogens (tertiary/aromatic N) is 1. The van der Waals surface area contributed by atoms with Gasteiger partial charge in [-0.15, -0.1) is 0 Å². The van der Waals surface area contributed by atoms with Gasteiger partial charge in [0.15, 0.2) is 0 Å². The van der Waals surface area contributed by atoms with E-state index < -0.39 is 6.61 Å². The molecule has 17 heavy (non-hydrogen) atoms. The Balaban J connectivity index is 2.97. The number of benzene rings is 1. The van der Waals surface area contributed by atoms with Crippen LogP contribution in [0.15, 0.2) is 29.3 Å². The summed E-state index contributed by atoms with van der Waals surface area (Å²) >= 11 is 0. The summed E-state index contributed by atoms with van der Waals surface area (Å²) in [6, 6.07) is 6.24. The third-order valence-electron chi connectivity index (χ3n) is 1.86. The van der Waals surface area contributed by atoms with Crippen LogP contribution in [0.4, 0.5) is 8.78 Å². The molecule has 0 aliphatic heterocycles. The molecule has 94 valence electrons. The maximum atomic E-state index is 12.1. The van der Waals surface area contributed by atoms with Crippen molar-refractivity contribution in [2.24, 2.45) is 10.8 Å². The van der Waals surface area contributed by atoms with E-state index in [-0.39, 0.29) is 11.8 Å². The molecule has 3 N–H and O–H groups in total. The van der Waals surface area contributed by atoms with Gasteiger partial charge >= 0.3 is 6.61 Å². The van der Waals surface area contributed by atoms with Crippen LogP contribution in [0.3, 0.4) is 0 Å². The van der Waals surface area contributed by atoms with Crippen molar-refractivity contribution in [2.45, 2.75) is 26.5 Å². The number of nitrogens with one attached hydrogen (secondary N) is 1. The molecule has 0 saturated carbocycles. The lowest BCUT2D eigenvalue weighted by Crippen LogP contribution is -2.32. The predicted octanol–water partition coefficient (Wildman–Crippen LogP) is 1.91. The highest BCUT2D eigenvalue weighted by Gasteiger charge is 2.07. The highest BCUT2D eigenvalue weighted by atomic mass is 19.3. The van der Waals surface area contributed by atoms with E-state index in [2.05, 4.69) is 15.2 Å². The lowest BCUT2D eigenvalue weighted by atomic mass is 10.2. The second kappa shape index (κ2) is 6.15. The number of aliphatic imine (C=N–C) groups is 1. The van der Waals surface area contributed by atoms with Crippen molar-refractivity contribution in [3.05, 3.63) is 29.8 Å². The Bertz CT molecular complexity index is 394. The molecule has 0 aliphatic rings. The van der Waals surface area contributed by atoms with E-state index in [1.165, 1.54) is 12.1 Å². The van der Waals surface area contributed by atoms with E-state index in [1.807, 2.05) is 13.8 Å². The fraction of sp³-hybridized carbons (Fsp3) is 0.364. The Morgan fingerprint density at radius 3 is 2.65 bits per heavy atom. The summed E-state index contributed by atoms with van der Waals surface area (Å²) in [7, 11) is 0. The molecular formula is C11H15F2N3O. The molecule has 0 saturated heterocycles. The van der Waals surface area contributed by atoms with E-state index in [9.17, 15) is 8.78 Å². The molecule has 6 heteroatoms. The zero-order valence-corrected chi connectivity index (χ0v) is 9.65. The topological polar surface area (TPSA) is 59.6 Å². The quantitative estimate of drug-likeness (QED) is 0.367. The van der Waals surface area contributed by atoms with Gasteiger partial charge in [-0.25, -0.2) is 5.84 Å². The van der Waals surface area contributed by atoms with Gasteiger partial charge in [0.25, 0.3) is 0 Å². The molecule has 1 aromatic rings. The first kappa shape index (κ1) is 13.4. The number of ether oxygens (including phenoxy) is 1. The molecule has 0 radical (unpaired) electrons. The van der Waals surface area contributed by atoms with Crippen molar-refractivity contribution in [3.63, 3.8) is 0 Å². The Labute approximate surface area is 98.5 Å². The van der Waals surface area contributed by atoms with Gasteiger partial charge in [0.1, 0.15) is 11.6 Å². The predicted molar refractivity (Wildman–Crippen MR) is 62.1 cm³/mol. The average Bonchev–Trinajstić information content (AvgIpc) is 2.25. The van der Waals surface area contributed by atoms with Crippen molar-refractivity contribution in [1.82, 2.24) is 5.43 Å². The molecule has 0 aliphatic carbocycles. The van der Waals surface area contributed by atoms with Gasteiger partial charge in [-0.1, -0.05) is 12.1 Å². The summed E-state index contributed by atoms with van der Waals surface area (Å²) in [6.07, 6.45) is 0. The second-order valence-electron chi connectivity index (χ2n) is 3.62. The summed E-state index contributed by atoms with van der Waals surface area (Å²) in [5.41, 5.74) is 3.03. The summed E-state index contributed by atoms with van der Waals surface area (Å²) in [4.78, 5) is 4.22. The first-order valence-electron chi connectivity index (χ1n) is 5.12. The van der Waals surface area contributed by atoms with Gasteiger partial charge < -0.3 is 10.2 Å². The zero-order valence-electron chi connectivity index (χ0n) is 9.65. The molecule has 0 atom stereocenters. The van der Waals surface area contributed by atoms with Crippen molar-refractivity contribution in [2.75, 3.05) is 0 Å². The van der Waals surface area contributed by atoms with Crippen LogP contribution in [0.5, 0.6) is 5.75 Å². The molecule has 0 bridgehead atoms. The van der Waals surface area contributed by atoms with E-state index in [1.54, 1.807) is 12.1 Å². The normalized spacial score (nSPS) is 12.1. The number of hydrazine groups is 1. The fourth-order valence-corrected chi connectivity index (χ4v) is 1.27. The van der Waals surface area contributed by atoms with Crippen LogP contribution in [0, 0.1) is 0 Å². The molecular weight excluding hydrogens is 228 g/mol. The van der Waals surface area contributed by atoms with Crippen LogP contribution in [0.1, 0.15) is 19.4 Å². The van der Waals surface area contributed by atoms with Crippen molar-refractivity contribution < 1.29 is 13.5 Å². The number of hydrogen-bond donors (Lipinski definition) is 2. The molecule has 1 aromatic carbocycles. The van der Waals surface area contributed by atoms with E-state index in [0.717, 1.165) is 0 Å². The summed E-state index contributed by atoms with van der Waals surface area (Å²) in [6.45, 7) is 0.926. The van der Waals surface area contributed by atoms with Crippen LogP contribution in [0.2, 0.25) is 0 Å². The van der Waals surface area contributed by atoms with Crippen LogP contribution < -0.4 is 16.0 Å². The largest absolute Gasteiger partial charge is 0.435 e. The molecule has 1 rings (SSSR count). The third kappa shape index (κ3) is 4.36. The average molecular weight is 243 g/mol. The van der Waals surface area contributed by atoms with E-state index in [4.69, 9.17) is 5.84 Å². The lowest BCUT2D eigenvalue weighted by molar-refractivity contribution is -0.0498. The molecule has 0 spiro atoms. The minimum absolute atomic E-state index is 0.0423. The first-order chi connectivity index (χ1) is 8.02. The number of halogens is 2. The van der Waals surface area contributed by atoms with Crippen LogP contribution in [-0.2, 0) is 0 Å². The second-order valence-corrected chi connectivity index (χ2v) is 3.62. The highest BCUT2D eigenvalue weighted by Crippen LogP contribution is 2.16. The number of hydrogen-bond acceptors (Lipinski definition) is 3. The standard InChI is InChI=1S/C11H15F2N3O/c1-7(2)15-10(16-14)8-4-3-5-9(6-8)17-11(12)13/h3-7,11H,14H2,1-2H3,(H,15,16). The van der Waals surface area contributed by atoms with Crippen LogP contribution in [-0.4, -0.2) is 18.5 Å². The first-order valence-corrected chi connectivity index (χ1v) is 5.12. The minimum Gasteiger partial charge on any atom is -0.435 e. The summed E-state index contributed by atoms with van der Waals surface area (Å²) in [5.74, 6) is 5.84. The minimum atomic E-state index is -2.85. The van der Waals surface area contributed by atoms with Gasteiger partial charge in [-0.3, -0.25) is 4.99 Å². The number of rotatable bonds is 4. The van der Waals surface area contributed by atoms with Crippen molar-refractivity contribution in [1.29, 1.82) is 0 Å². The summed E-state index contributed by atoms with van der Waals surface area (Å²) < 4.78 is 28.4. The molecule has 0 heterocycles. The van der Waals surface area contributed by atoms with Crippen molar-refractivity contribution >= 4 is 5.84 Å². The lowest BCUT2D eigenvalue weighted by Gasteiger charge is -2.10. The van der Waals surface area contributed by atoms with E-state index in [0.29, 0.717) is 11.4 Å². The highest BCUT2D eigenvalue weighted by molar-refractivity contribution is 5.98.